The van der Waals surface area contributed by atoms with E-state index in [1.165, 1.54) is 12.1 Å². The fourth-order valence-electron chi connectivity index (χ4n) is 1.96. The molecule has 0 spiro atoms. The lowest BCUT2D eigenvalue weighted by molar-refractivity contribution is 0.378. The average Bonchev–Trinajstić information content (AvgIpc) is 3.20. The van der Waals surface area contributed by atoms with Crippen molar-refractivity contribution in [3.05, 3.63) is 47.0 Å². The first-order valence-corrected chi connectivity index (χ1v) is 6.33. The van der Waals surface area contributed by atoms with Gasteiger partial charge in [-0.2, -0.15) is 0 Å². The van der Waals surface area contributed by atoms with Crippen molar-refractivity contribution in [2.75, 3.05) is 0 Å². The summed E-state index contributed by atoms with van der Waals surface area (Å²) >= 11 is 0. The summed E-state index contributed by atoms with van der Waals surface area (Å²) in [7, 11) is 0. The third-order valence-corrected chi connectivity index (χ3v) is 3.26. The predicted octanol–water partition coefficient (Wildman–Crippen LogP) is 3.89. The Kier molecular flexibility index (Phi) is 3.44. The number of nitrogens with one attached hydrogen (secondary N) is 1. The van der Waals surface area contributed by atoms with Crippen LogP contribution in [0.25, 0.3) is 11.3 Å². The van der Waals surface area contributed by atoms with E-state index < -0.39 is 40.4 Å². The van der Waals surface area contributed by atoms with Gasteiger partial charge in [0.25, 0.3) is 0 Å². The molecular weight excluding hydrogens is 293 g/mol. The van der Waals surface area contributed by atoms with Gasteiger partial charge in [0, 0.05) is 6.04 Å². The van der Waals surface area contributed by atoms with Crippen LogP contribution >= 0.6 is 0 Å². The summed E-state index contributed by atoms with van der Waals surface area (Å²) < 4.78 is 71.7. The molecule has 0 radical (unpaired) electrons. The van der Waals surface area contributed by atoms with Crippen LogP contribution in [0, 0.1) is 29.1 Å². The molecule has 3 rings (SSSR count). The summed E-state index contributed by atoms with van der Waals surface area (Å²) in [6.45, 7) is 0.333. The van der Waals surface area contributed by atoms with Crippen molar-refractivity contribution < 1.29 is 26.4 Å². The summed E-state index contributed by atoms with van der Waals surface area (Å²) in [6.07, 6.45) is 2.09. The number of hydrogen-bond donors (Lipinski definition) is 1. The smallest absolute Gasteiger partial charge is 0.200 e. The van der Waals surface area contributed by atoms with Gasteiger partial charge in [-0.3, -0.25) is 0 Å². The lowest BCUT2D eigenvalue weighted by Crippen LogP contribution is -2.14. The third kappa shape index (κ3) is 2.53. The molecule has 1 aliphatic rings. The van der Waals surface area contributed by atoms with E-state index in [2.05, 4.69) is 5.32 Å². The van der Waals surface area contributed by atoms with Gasteiger partial charge in [0.15, 0.2) is 23.3 Å². The quantitative estimate of drug-likeness (QED) is 0.526. The van der Waals surface area contributed by atoms with E-state index in [0.29, 0.717) is 18.3 Å². The maximum Gasteiger partial charge on any atom is 0.200 e. The minimum atomic E-state index is -2.18. The molecule has 1 fully saturated rings. The van der Waals surface area contributed by atoms with Crippen LogP contribution in [0.3, 0.4) is 0 Å². The molecule has 112 valence electrons. The second-order valence-electron chi connectivity index (χ2n) is 4.87. The van der Waals surface area contributed by atoms with Crippen molar-refractivity contribution in [3.8, 4) is 11.3 Å². The lowest BCUT2D eigenvalue weighted by atomic mass is 10.1. The van der Waals surface area contributed by atoms with Crippen LogP contribution in [0.1, 0.15) is 18.6 Å². The zero-order valence-corrected chi connectivity index (χ0v) is 10.7. The summed E-state index contributed by atoms with van der Waals surface area (Å²) in [5.41, 5.74) is -1.05. The maximum atomic E-state index is 13.6. The highest BCUT2D eigenvalue weighted by molar-refractivity contribution is 5.60. The van der Waals surface area contributed by atoms with E-state index in [4.69, 9.17) is 4.42 Å². The molecule has 2 nitrogen and oxygen atoms in total. The zero-order valence-electron chi connectivity index (χ0n) is 10.7. The van der Waals surface area contributed by atoms with Crippen LogP contribution in [0.5, 0.6) is 0 Å². The molecule has 21 heavy (non-hydrogen) atoms. The summed E-state index contributed by atoms with van der Waals surface area (Å²) in [6, 6.07) is 3.01. The number of halogens is 5. The van der Waals surface area contributed by atoms with Crippen molar-refractivity contribution >= 4 is 0 Å². The Morgan fingerprint density at radius 2 is 1.48 bits per heavy atom. The second kappa shape index (κ2) is 5.14. The van der Waals surface area contributed by atoms with Gasteiger partial charge in [-0.15, -0.1) is 0 Å². The molecule has 1 saturated carbocycles. The Bertz CT molecular complexity index is 664. The highest BCUT2D eigenvalue weighted by Crippen LogP contribution is 2.32. The molecule has 0 atom stereocenters. The topological polar surface area (TPSA) is 25.2 Å². The van der Waals surface area contributed by atoms with Crippen molar-refractivity contribution in [1.29, 1.82) is 0 Å². The minimum absolute atomic E-state index is 0.333. The minimum Gasteiger partial charge on any atom is -0.460 e. The Morgan fingerprint density at radius 1 is 0.905 bits per heavy atom. The Hall–Kier alpha value is -1.89. The number of rotatable bonds is 4. The normalized spacial score (nSPS) is 14.7. The first kappa shape index (κ1) is 14.1. The molecule has 1 aromatic heterocycles. The number of furan rings is 1. The zero-order chi connectivity index (χ0) is 15.1. The summed E-state index contributed by atoms with van der Waals surface area (Å²) in [5, 5.41) is 3.11. The van der Waals surface area contributed by atoms with Gasteiger partial charge in [0.2, 0.25) is 5.82 Å². The Balaban J connectivity index is 1.96. The van der Waals surface area contributed by atoms with E-state index in [0.717, 1.165) is 12.8 Å². The molecule has 1 aliphatic carbocycles. The molecule has 0 amide bonds. The standard InChI is InChI=1S/C14H10F5NO/c15-10-9(11(16)13(18)14(19)12(10)17)8-4-3-7(21-8)5-20-6-1-2-6/h3-4,6,20H,1-2,5H2. The molecule has 7 heteroatoms. The third-order valence-electron chi connectivity index (χ3n) is 3.26. The lowest BCUT2D eigenvalue weighted by Gasteiger charge is -2.06. The monoisotopic (exact) mass is 303 g/mol. The average molecular weight is 303 g/mol. The second-order valence-corrected chi connectivity index (χ2v) is 4.87. The number of hydrogen-bond acceptors (Lipinski definition) is 2. The molecule has 0 saturated heterocycles. The molecule has 1 heterocycles. The van der Waals surface area contributed by atoms with Crippen LogP contribution in [-0.2, 0) is 6.54 Å². The van der Waals surface area contributed by atoms with Gasteiger partial charge >= 0.3 is 0 Å². The van der Waals surface area contributed by atoms with Gasteiger partial charge < -0.3 is 9.73 Å². The summed E-state index contributed by atoms with van der Waals surface area (Å²) in [4.78, 5) is 0. The molecule has 1 N–H and O–H groups in total. The van der Waals surface area contributed by atoms with E-state index >= 15 is 0 Å². The summed E-state index contributed by atoms with van der Waals surface area (Å²) in [5.74, 6) is -9.99. The van der Waals surface area contributed by atoms with Crippen LogP contribution in [0.4, 0.5) is 22.0 Å². The highest BCUT2D eigenvalue weighted by Gasteiger charge is 2.28. The van der Waals surface area contributed by atoms with Gasteiger partial charge in [-0.05, 0) is 25.0 Å². The molecule has 1 aromatic carbocycles. The molecule has 0 bridgehead atoms. The Labute approximate surface area is 116 Å². The fraction of sp³-hybridized carbons (Fsp3) is 0.286. The highest BCUT2D eigenvalue weighted by atomic mass is 19.2. The predicted molar refractivity (Wildman–Crippen MR) is 63.8 cm³/mol. The molecule has 0 unspecified atom stereocenters. The van der Waals surface area contributed by atoms with Crippen molar-refractivity contribution in [1.82, 2.24) is 5.32 Å². The largest absolute Gasteiger partial charge is 0.460 e. The molecular formula is C14H10F5NO. The van der Waals surface area contributed by atoms with Gasteiger partial charge in [0.05, 0.1) is 12.1 Å². The van der Waals surface area contributed by atoms with E-state index in [1.807, 2.05) is 0 Å². The van der Waals surface area contributed by atoms with Crippen LogP contribution in [-0.4, -0.2) is 6.04 Å². The Morgan fingerprint density at radius 3 is 2.05 bits per heavy atom. The van der Waals surface area contributed by atoms with Crippen molar-refractivity contribution in [2.24, 2.45) is 0 Å². The first-order chi connectivity index (χ1) is 9.99. The first-order valence-electron chi connectivity index (χ1n) is 6.33. The van der Waals surface area contributed by atoms with E-state index in [1.54, 1.807) is 0 Å². The SMILES string of the molecule is Fc1c(F)c(F)c(-c2ccc(CNC3CC3)o2)c(F)c1F. The van der Waals surface area contributed by atoms with Crippen molar-refractivity contribution in [2.45, 2.75) is 25.4 Å². The fourth-order valence-corrected chi connectivity index (χ4v) is 1.96. The van der Waals surface area contributed by atoms with Gasteiger partial charge in [0.1, 0.15) is 11.5 Å². The van der Waals surface area contributed by atoms with Crippen LogP contribution in [0.2, 0.25) is 0 Å². The van der Waals surface area contributed by atoms with Crippen molar-refractivity contribution in [3.63, 3.8) is 0 Å². The number of benzene rings is 1. The van der Waals surface area contributed by atoms with E-state index in [-0.39, 0.29) is 0 Å². The van der Waals surface area contributed by atoms with E-state index in [9.17, 15) is 22.0 Å². The molecule has 0 aliphatic heterocycles. The van der Waals surface area contributed by atoms with Crippen LogP contribution in [0.15, 0.2) is 16.5 Å². The molecule has 2 aromatic rings. The van der Waals surface area contributed by atoms with Gasteiger partial charge in [-0.25, -0.2) is 22.0 Å². The van der Waals surface area contributed by atoms with Crippen LogP contribution < -0.4 is 5.32 Å². The van der Waals surface area contributed by atoms with Gasteiger partial charge in [-0.1, -0.05) is 0 Å². The maximum absolute atomic E-state index is 13.6.